The number of rotatable bonds is 11. The van der Waals surface area contributed by atoms with E-state index in [9.17, 15) is 22.4 Å². The Labute approximate surface area is 216 Å². The molecule has 2 aromatic rings. The molecule has 0 aliphatic rings. The second-order valence-corrected chi connectivity index (χ2v) is 11.2. The molecule has 0 radical (unpaired) electrons. The number of nitrogens with one attached hydrogen (secondary N) is 1. The maximum absolute atomic E-state index is 13.6. The van der Waals surface area contributed by atoms with E-state index in [0.29, 0.717) is 12.1 Å². The van der Waals surface area contributed by atoms with Crippen LogP contribution in [0.15, 0.2) is 42.5 Å². The average molecular weight is 546 g/mol. The van der Waals surface area contributed by atoms with Crippen molar-refractivity contribution in [1.82, 2.24) is 10.2 Å². The van der Waals surface area contributed by atoms with Gasteiger partial charge in [0.25, 0.3) is 0 Å². The van der Waals surface area contributed by atoms with Crippen LogP contribution in [0.4, 0.5) is 10.1 Å². The number of benzene rings is 2. The van der Waals surface area contributed by atoms with Crippen LogP contribution in [0, 0.1) is 11.7 Å². The number of carbonyl (C=O) groups excluding carboxylic acids is 2. The van der Waals surface area contributed by atoms with E-state index in [4.69, 9.17) is 23.2 Å². The molecular weight excluding hydrogens is 516 g/mol. The van der Waals surface area contributed by atoms with Gasteiger partial charge >= 0.3 is 0 Å². The van der Waals surface area contributed by atoms with E-state index >= 15 is 0 Å². The first-order chi connectivity index (χ1) is 16.3. The first-order valence-corrected chi connectivity index (χ1v) is 13.7. The van der Waals surface area contributed by atoms with Gasteiger partial charge in [-0.25, -0.2) is 12.8 Å². The molecule has 2 amide bonds. The summed E-state index contributed by atoms with van der Waals surface area (Å²) in [7, 11) is -3.95. The molecule has 2 rings (SSSR count). The van der Waals surface area contributed by atoms with E-state index in [0.717, 1.165) is 10.6 Å². The third kappa shape index (κ3) is 8.08. The number of halogens is 3. The van der Waals surface area contributed by atoms with Crippen LogP contribution in [0.25, 0.3) is 0 Å². The second kappa shape index (κ2) is 12.6. The predicted molar refractivity (Wildman–Crippen MR) is 138 cm³/mol. The Bertz CT molecular complexity index is 1140. The van der Waals surface area contributed by atoms with Gasteiger partial charge in [0.15, 0.2) is 0 Å². The Morgan fingerprint density at radius 3 is 2.26 bits per heavy atom. The second-order valence-electron chi connectivity index (χ2n) is 8.55. The summed E-state index contributed by atoms with van der Waals surface area (Å²) in [4.78, 5) is 27.9. The minimum absolute atomic E-state index is 0.0146. The molecule has 7 nitrogen and oxygen atoms in total. The highest BCUT2D eigenvalue weighted by atomic mass is 35.5. The Morgan fingerprint density at radius 1 is 1.09 bits per heavy atom. The van der Waals surface area contributed by atoms with Crippen LogP contribution in [0.3, 0.4) is 0 Å². The number of hydrogen-bond donors (Lipinski definition) is 1. The molecule has 0 fully saturated rings. The zero-order chi connectivity index (χ0) is 26.3. The normalized spacial score (nSPS) is 12.3. The first-order valence-electron chi connectivity index (χ1n) is 11.1. The standard InChI is InChI=1S/C24H30Cl2FN3O4S/c1-5-20(24(32)28-13-16(2)3)29(14-17-9-11-18(27)12-10-17)22(31)15-30(35(4,33)34)21-8-6-7-19(25)23(21)26/h6-12,16,20H,5,13-15H2,1-4H3,(H,28,32). The molecule has 1 unspecified atom stereocenters. The highest BCUT2D eigenvalue weighted by molar-refractivity contribution is 7.92. The number of anilines is 1. The van der Waals surface area contributed by atoms with Crippen LogP contribution >= 0.6 is 23.2 Å². The minimum Gasteiger partial charge on any atom is -0.354 e. The molecule has 0 spiro atoms. The lowest BCUT2D eigenvalue weighted by atomic mass is 10.1. The SMILES string of the molecule is CCC(C(=O)NCC(C)C)N(Cc1ccc(F)cc1)C(=O)CN(c1cccc(Cl)c1Cl)S(C)(=O)=O. The predicted octanol–water partition coefficient (Wildman–Crippen LogP) is 4.48. The van der Waals surface area contributed by atoms with Crippen LogP contribution in [-0.4, -0.2) is 50.5 Å². The summed E-state index contributed by atoms with van der Waals surface area (Å²) in [5, 5.41) is 2.95. The molecule has 2 aromatic carbocycles. The summed E-state index contributed by atoms with van der Waals surface area (Å²) in [6, 6.07) is 9.13. The van der Waals surface area contributed by atoms with Gasteiger partial charge in [0.1, 0.15) is 18.4 Å². The van der Waals surface area contributed by atoms with Crippen molar-refractivity contribution in [2.45, 2.75) is 39.8 Å². The van der Waals surface area contributed by atoms with Crippen LogP contribution in [0.1, 0.15) is 32.8 Å². The first kappa shape index (κ1) is 28.9. The van der Waals surface area contributed by atoms with E-state index < -0.39 is 34.3 Å². The van der Waals surface area contributed by atoms with Crippen molar-refractivity contribution in [3.8, 4) is 0 Å². The van der Waals surface area contributed by atoms with Crippen LogP contribution in [0.2, 0.25) is 10.0 Å². The van der Waals surface area contributed by atoms with Crippen molar-refractivity contribution in [3.05, 3.63) is 63.9 Å². The van der Waals surface area contributed by atoms with Crippen molar-refractivity contribution in [2.24, 2.45) is 5.92 Å². The lowest BCUT2D eigenvalue weighted by Gasteiger charge is -2.33. The summed E-state index contributed by atoms with van der Waals surface area (Å²) in [6.45, 7) is 5.44. The fourth-order valence-electron chi connectivity index (χ4n) is 3.41. The third-order valence-corrected chi connectivity index (χ3v) is 7.15. The fraction of sp³-hybridized carbons (Fsp3) is 0.417. The van der Waals surface area contributed by atoms with Crippen molar-refractivity contribution in [2.75, 3.05) is 23.7 Å². The third-order valence-electron chi connectivity index (χ3n) is 5.22. The Balaban J connectivity index is 2.45. The summed E-state index contributed by atoms with van der Waals surface area (Å²) in [5.41, 5.74) is 0.635. The molecule has 11 heteroatoms. The number of nitrogens with zero attached hydrogens (tertiary/aromatic N) is 2. The molecule has 0 bridgehead atoms. The summed E-state index contributed by atoms with van der Waals surface area (Å²) in [5.74, 6) is -1.22. The van der Waals surface area contributed by atoms with E-state index in [1.807, 2.05) is 13.8 Å². The molecule has 0 aromatic heterocycles. The van der Waals surface area contributed by atoms with Gasteiger partial charge in [0.05, 0.1) is 22.0 Å². The largest absolute Gasteiger partial charge is 0.354 e. The highest BCUT2D eigenvalue weighted by Crippen LogP contribution is 2.33. The number of sulfonamides is 1. The van der Waals surface area contributed by atoms with Gasteiger partial charge in [-0.2, -0.15) is 0 Å². The summed E-state index contributed by atoms with van der Waals surface area (Å²) in [6.07, 6.45) is 1.24. The van der Waals surface area contributed by atoms with Gasteiger partial charge in [-0.15, -0.1) is 0 Å². The maximum atomic E-state index is 13.6. The fourth-order valence-corrected chi connectivity index (χ4v) is 4.71. The van der Waals surface area contributed by atoms with Crippen molar-refractivity contribution < 1.29 is 22.4 Å². The maximum Gasteiger partial charge on any atom is 0.244 e. The van der Waals surface area contributed by atoms with E-state index in [1.54, 1.807) is 6.92 Å². The molecule has 1 atom stereocenters. The number of hydrogen-bond acceptors (Lipinski definition) is 4. The lowest BCUT2D eigenvalue weighted by Crippen LogP contribution is -2.52. The zero-order valence-corrected chi connectivity index (χ0v) is 22.4. The van der Waals surface area contributed by atoms with Gasteiger partial charge in [-0.05, 0) is 42.2 Å². The minimum atomic E-state index is -3.95. The monoisotopic (exact) mass is 545 g/mol. The van der Waals surface area contributed by atoms with Gasteiger partial charge in [0.2, 0.25) is 21.8 Å². The molecule has 0 heterocycles. The van der Waals surface area contributed by atoms with Gasteiger partial charge < -0.3 is 10.2 Å². The molecule has 0 saturated carbocycles. The average Bonchev–Trinajstić information content (AvgIpc) is 2.78. The Kier molecular flexibility index (Phi) is 10.4. The topological polar surface area (TPSA) is 86.8 Å². The quantitative estimate of drug-likeness (QED) is 0.451. The van der Waals surface area contributed by atoms with Crippen molar-refractivity contribution in [1.29, 1.82) is 0 Å². The van der Waals surface area contributed by atoms with Gasteiger partial charge in [-0.1, -0.05) is 62.2 Å². The molecule has 1 N–H and O–H groups in total. The Morgan fingerprint density at radius 2 is 1.71 bits per heavy atom. The smallest absolute Gasteiger partial charge is 0.244 e. The summed E-state index contributed by atoms with van der Waals surface area (Å²) < 4.78 is 39.6. The van der Waals surface area contributed by atoms with Gasteiger partial charge in [0, 0.05) is 13.1 Å². The molecular formula is C24H30Cl2FN3O4S. The zero-order valence-electron chi connectivity index (χ0n) is 20.1. The molecule has 35 heavy (non-hydrogen) atoms. The van der Waals surface area contributed by atoms with E-state index in [2.05, 4.69) is 5.32 Å². The van der Waals surface area contributed by atoms with Crippen molar-refractivity contribution in [3.63, 3.8) is 0 Å². The molecule has 192 valence electrons. The van der Waals surface area contributed by atoms with E-state index in [1.165, 1.54) is 47.4 Å². The van der Waals surface area contributed by atoms with Gasteiger partial charge in [-0.3, -0.25) is 13.9 Å². The number of amides is 2. The van der Waals surface area contributed by atoms with Crippen LogP contribution in [-0.2, 0) is 26.2 Å². The molecule has 0 aliphatic heterocycles. The molecule has 0 saturated heterocycles. The highest BCUT2D eigenvalue weighted by Gasteiger charge is 2.32. The van der Waals surface area contributed by atoms with Crippen LogP contribution < -0.4 is 9.62 Å². The van der Waals surface area contributed by atoms with Crippen molar-refractivity contribution >= 4 is 50.7 Å². The molecule has 0 aliphatic carbocycles. The number of carbonyl (C=O) groups is 2. The van der Waals surface area contributed by atoms with E-state index in [-0.39, 0.29) is 40.5 Å². The Hall–Kier alpha value is -2.36. The lowest BCUT2D eigenvalue weighted by molar-refractivity contribution is -0.140. The van der Waals surface area contributed by atoms with Crippen LogP contribution in [0.5, 0.6) is 0 Å². The summed E-state index contributed by atoms with van der Waals surface area (Å²) >= 11 is 12.3.